The van der Waals surface area contributed by atoms with E-state index < -0.39 is 53.7 Å². The van der Waals surface area contributed by atoms with Crippen molar-refractivity contribution in [1.29, 1.82) is 0 Å². The quantitative estimate of drug-likeness (QED) is 0.339. The Hall–Kier alpha value is -2.63. The fourth-order valence-corrected chi connectivity index (χ4v) is 7.33. The number of nitrogens with one attached hydrogen (secondary N) is 1. The molecule has 1 heterocycles. The summed E-state index contributed by atoms with van der Waals surface area (Å²) in [5.41, 5.74) is 1.08. The van der Waals surface area contributed by atoms with Gasteiger partial charge in [-0.25, -0.2) is 17.2 Å². The van der Waals surface area contributed by atoms with Gasteiger partial charge in [0.1, 0.15) is 17.7 Å². The number of carbonyl (C=O) groups excluding carboxylic acids is 2. The van der Waals surface area contributed by atoms with E-state index >= 15 is 0 Å². The molecule has 2 amide bonds. The van der Waals surface area contributed by atoms with Gasteiger partial charge in [0, 0.05) is 23.4 Å². The number of aryl methyl sites for hydroxylation is 1. The smallest absolute Gasteiger partial charge is 0.255 e. The van der Waals surface area contributed by atoms with Gasteiger partial charge in [-0.15, -0.1) is 0 Å². The summed E-state index contributed by atoms with van der Waals surface area (Å²) in [5.74, 6) is -1.77. The molecule has 5 rings (SSSR count). The normalized spacial score (nSPS) is 22.7. The average molecular weight is 633 g/mol. The van der Waals surface area contributed by atoms with Crippen LogP contribution in [0.4, 0.5) is 8.78 Å². The molecule has 0 aromatic heterocycles. The molecule has 1 saturated heterocycles. The number of piperidine rings is 1. The van der Waals surface area contributed by atoms with Crippen molar-refractivity contribution >= 4 is 30.0 Å². The van der Waals surface area contributed by atoms with Crippen molar-refractivity contribution in [3.8, 4) is 0 Å². The molecule has 4 atom stereocenters. The van der Waals surface area contributed by atoms with Crippen LogP contribution < -0.4 is 5.32 Å². The zero-order valence-corrected chi connectivity index (χ0v) is 27.8. The van der Waals surface area contributed by atoms with Gasteiger partial charge in [-0.2, -0.15) is 0 Å². The molecule has 0 spiro atoms. The minimum Gasteiger partial charge on any atom is -0.413 e. The van der Waals surface area contributed by atoms with Crippen LogP contribution in [0.15, 0.2) is 35.2 Å². The molecule has 11 heteroatoms. The third-order valence-electron chi connectivity index (χ3n) is 9.78. The molecule has 3 fully saturated rings. The zero-order chi connectivity index (χ0) is 31.6. The number of halogens is 2. The minimum atomic E-state index is -3.61. The van der Waals surface area contributed by atoms with Gasteiger partial charge < -0.3 is 14.6 Å². The van der Waals surface area contributed by atoms with Gasteiger partial charge in [0.2, 0.25) is 5.91 Å². The predicted molar refractivity (Wildman–Crippen MR) is 163 cm³/mol. The Bertz CT molecular complexity index is 1570. The highest BCUT2D eigenvalue weighted by Gasteiger charge is 2.56. The van der Waals surface area contributed by atoms with Crippen LogP contribution in [0.25, 0.3) is 0 Å². The summed E-state index contributed by atoms with van der Waals surface area (Å²) < 4.78 is 60.7. The number of nitrogens with zero attached hydrogens (tertiary/aromatic N) is 1. The van der Waals surface area contributed by atoms with Gasteiger partial charge in [-0.3, -0.25) is 9.59 Å². The summed E-state index contributed by atoms with van der Waals surface area (Å²) in [5, 5.41) is 2.89. The molecule has 3 aliphatic rings. The van der Waals surface area contributed by atoms with Crippen LogP contribution in [0.2, 0.25) is 18.1 Å². The highest BCUT2D eigenvalue weighted by Crippen LogP contribution is 2.49. The Morgan fingerprint density at radius 2 is 1.77 bits per heavy atom. The van der Waals surface area contributed by atoms with Gasteiger partial charge in [0.25, 0.3) is 5.91 Å². The maximum absolute atomic E-state index is 15.0. The molecule has 0 radical (unpaired) electrons. The van der Waals surface area contributed by atoms with Crippen molar-refractivity contribution in [2.24, 2.45) is 11.8 Å². The van der Waals surface area contributed by atoms with E-state index in [1.54, 1.807) is 11.0 Å². The molecule has 7 nitrogen and oxygen atoms in total. The van der Waals surface area contributed by atoms with Crippen LogP contribution in [0.1, 0.15) is 79.5 Å². The molecule has 0 bridgehead atoms. The lowest BCUT2D eigenvalue weighted by Gasteiger charge is -2.36. The van der Waals surface area contributed by atoms with Crippen molar-refractivity contribution in [3.63, 3.8) is 0 Å². The number of hydrogen-bond donors (Lipinski definition) is 1. The number of amides is 2. The van der Waals surface area contributed by atoms with E-state index in [0.29, 0.717) is 12.0 Å². The van der Waals surface area contributed by atoms with E-state index in [0.717, 1.165) is 37.7 Å². The molecule has 2 saturated carbocycles. The van der Waals surface area contributed by atoms with Gasteiger partial charge in [0.05, 0.1) is 17.5 Å². The first-order valence-corrected chi connectivity index (χ1v) is 19.7. The van der Waals surface area contributed by atoms with E-state index in [4.69, 9.17) is 4.43 Å². The van der Waals surface area contributed by atoms with Crippen molar-refractivity contribution in [1.82, 2.24) is 10.2 Å². The molecule has 2 aromatic carbocycles. The largest absolute Gasteiger partial charge is 0.413 e. The van der Waals surface area contributed by atoms with E-state index in [1.807, 2.05) is 0 Å². The number of hydrogen-bond acceptors (Lipinski definition) is 5. The van der Waals surface area contributed by atoms with Crippen molar-refractivity contribution < 1.29 is 31.2 Å². The Labute approximate surface area is 254 Å². The SMILES string of the molecule is Cc1cc(F)c([C@H](NC(=O)[C@H]2C[C@H]3C[C@H]3N2C(=O)c2cc(S(C)(=O)=O)ccc2CO[Si](C)(C)C(C)(C)C)C2CC2)cc1F. The predicted octanol–water partition coefficient (Wildman–Crippen LogP) is 6.07. The van der Waals surface area contributed by atoms with Crippen molar-refractivity contribution in [2.45, 2.75) is 101 Å². The summed E-state index contributed by atoms with van der Waals surface area (Å²) >= 11 is 0. The van der Waals surface area contributed by atoms with E-state index in [2.05, 4.69) is 39.2 Å². The monoisotopic (exact) mass is 632 g/mol. The van der Waals surface area contributed by atoms with E-state index in [9.17, 15) is 26.8 Å². The standard InChI is InChI=1S/C32H42F2N2O5SSi/c1-18-12-26(34)24(16-25(18)33)29(19-8-9-19)35-30(37)28-14-21-13-27(21)36(28)31(38)23-15-22(42(5,39)40)11-10-20(23)17-41-43(6,7)32(2,3)4/h10-12,15-16,19,21,27-29H,8-9,13-14,17H2,1-7H3,(H,35,37)/t21-,27-,28-,29-/m1/s1. The topological polar surface area (TPSA) is 92.8 Å². The molecule has 2 aromatic rings. The molecule has 2 aliphatic carbocycles. The summed E-state index contributed by atoms with van der Waals surface area (Å²) in [6.07, 6.45) is 3.89. The zero-order valence-electron chi connectivity index (χ0n) is 26.0. The van der Waals surface area contributed by atoms with Crippen molar-refractivity contribution in [2.75, 3.05) is 6.26 Å². The van der Waals surface area contributed by atoms with Crippen LogP contribution >= 0.6 is 0 Å². The first-order valence-electron chi connectivity index (χ1n) is 14.9. The Kier molecular flexibility index (Phi) is 8.18. The van der Waals surface area contributed by atoms with Gasteiger partial charge in [-0.05, 0) is 98.0 Å². The van der Waals surface area contributed by atoms with Gasteiger partial charge in [0.15, 0.2) is 18.2 Å². The number of fused-ring (bicyclic) bond motifs is 1. The van der Waals surface area contributed by atoms with Crippen molar-refractivity contribution in [3.05, 3.63) is 64.2 Å². The third-order valence-corrected chi connectivity index (χ3v) is 15.4. The molecule has 1 N–H and O–H groups in total. The average Bonchev–Trinajstić information content (AvgIpc) is 3.84. The summed E-state index contributed by atoms with van der Waals surface area (Å²) in [4.78, 5) is 29.6. The van der Waals surface area contributed by atoms with Crippen LogP contribution in [0, 0.1) is 30.4 Å². The molecule has 43 heavy (non-hydrogen) atoms. The maximum atomic E-state index is 15.0. The summed E-state index contributed by atoms with van der Waals surface area (Å²) in [6.45, 7) is 12.2. The second-order valence-corrected chi connectivity index (χ2v) is 20.9. The lowest BCUT2D eigenvalue weighted by atomic mass is 9.98. The fourth-order valence-electron chi connectivity index (χ4n) is 5.74. The number of sulfone groups is 1. The summed E-state index contributed by atoms with van der Waals surface area (Å²) in [7, 11) is -5.80. The Morgan fingerprint density at radius 1 is 1.09 bits per heavy atom. The number of carbonyl (C=O) groups is 2. The summed E-state index contributed by atoms with van der Waals surface area (Å²) in [6, 6.07) is 5.19. The molecule has 234 valence electrons. The Balaban J connectivity index is 1.44. The number of likely N-dealkylation sites (tertiary alicyclic amines) is 1. The first-order chi connectivity index (χ1) is 19.9. The second kappa shape index (κ2) is 11.1. The first kappa shape index (κ1) is 31.8. The Morgan fingerprint density at radius 3 is 2.37 bits per heavy atom. The maximum Gasteiger partial charge on any atom is 0.255 e. The van der Waals surface area contributed by atoms with E-state index in [-0.39, 0.29) is 51.1 Å². The fraction of sp³-hybridized carbons (Fsp3) is 0.562. The van der Waals surface area contributed by atoms with E-state index in [1.165, 1.54) is 19.1 Å². The number of rotatable bonds is 9. The lowest BCUT2D eigenvalue weighted by molar-refractivity contribution is -0.126. The van der Waals surface area contributed by atoms with Gasteiger partial charge >= 0.3 is 0 Å². The lowest BCUT2D eigenvalue weighted by Crippen LogP contribution is -2.49. The van der Waals surface area contributed by atoms with Crippen LogP contribution in [-0.4, -0.2) is 51.8 Å². The molecule has 0 unspecified atom stereocenters. The van der Waals surface area contributed by atoms with Crippen LogP contribution in [0.3, 0.4) is 0 Å². The second-order valence-electron chi connectivity index (χ2n) is 14.1. The third kappa shape index (κ3) is 6.44. The molecular formula is C32H42F2N2O5SSi. The van der Waals surface area contributed by atoms with Crippen LogP contribution in [0.5, 0.6) is 0 Å². The molecule has 1 aliphatic heterocycles. The highest BCUT2D eigenvalue weighted by molar-refractivity contribution is 7.90. The number of benzene rings is 2. The van der Waals surface area contributed by atoms with Crippen LogP contribution in [-0.2, 0) is 25.7 Å². The van der Waals surface area contributed by atoms with Gasteiger partial charge in [-0.1, -0.05) is 26.8 Å². The minimum absolute atomic E-state index is 0.00817. The highest BCUT2D eigenvalue weighted by atomic mass is 32.2. The molecular weight excluding hydrogens is 591 g/mol.